The molecule has 0 saturated heterocycles. The summed E-state index contributed by atoms with van der Waals surface area (Å²) >= 11 is 1.90. The number of benzene rings is 12. The molecule has 74 heavy (non-hydrogen) atoms. The highest BCUT2D eigenvalue weighted by molar-refractivity contribution is 7.26. The number of thiophene rings is 1. The average molecular weight is 959 g/mol. The number of hydrogen-bond donors (Lipinski definition) is 0. The van der Waals surface area contributed by atoms with Gasteiger partial charge in [0.25, 0.3) is 0 Å². The molecule has 0 N–H and O–H groups in total. The summed E-state index contributed by atoms with van der Waals surface area (Å²) in [6.07, 6.45) is 0. The number of anilines is 3. The zero-order valence-electron chi connectivity index (χ0n) is 40.4. The first-order valence-corrected chi connectivity index (χ1v) is 26.3. The molecule has 0 atom stereocenters. The van der Waals surface area contributed by atoms with E-state index in [2.05, 4.69) is 289 Å². The van der Waals surface area contributed by atoms with Crippen molar-refractivity contribution in [3.8, 4) is 39.1 Å². The highest BCUT2D eigenvalue weighted by atomic mass is 32.1. The van der Waals surface area contributed by atoms with Gasteiger partial charge in [-0.15, -0.1) is 11.3 Å². The Morgan fingerprint density at radius 2 is 0.959 bits per heavy atom. The van der Waals surface area contributed by atoms with E-state index in [9.17, 15) is 0 Å². The molecule has 15 rings (SSSR count). The second-order valence-corrected chi connectivity index (χ2v) is 20.6. The van der Waals surface area contributed by atoms with Crippen LogP contribution in [0.4, 0.5) is 17.1 Å². The first-order valence-electron chi connectivity index (χ1n) is 25.5. The topological polar surface area (TPSA) is 8.17 Å². The SMILES string of the molecule is c1ccc(-c2ccc(N(c3cccc(-c4cc5c6ccccc6n(-c6ccc7ccccc7c6)c5c5c4sc4ccccc45)c3)c3ccc4c(c3)C(c3ccccc3)(c3ccccc3)c3ccccc3-4)cc2)cc1. The van der Waals surface area contributed by atoms with E-state index in [4.69, 9.17) is 0 Å². The maximum Gasteiger partial charge on any atom is 0.0714 e. The lowest BCUT2D eigenvalue weighted by Crippen LogP contribution is -2.28. The molecular formula is C71H46N2S. The van der Waals surface area contributed by atoms with Crippen LogP contribution < -0.4 is 4.90 Å². The van der Waals surface area contributed by atoms with Crippen molar-refractivity contribution in [2.45, 2.75) is 5.41 Å². The standard InChI is InChI=1S/C71H46N2S/c1-4-19-47(20-5-1)49-35-38-54(39-36-49)72(57-41-42-59-58-29-12-15-32-64(58)71(65(59)45-57,52-24-6-2-7-25-52)53-26-8-3-9-27-53)55-28-18-23-51(44-55)62-46-63-60-30-13-16-33-66(60)73(56-40-37-48-21-10-11-22-50(48)43-56)69(63)68-61-31-14-17-34-67(61)74-70(62)68/h1-46H. The molecule has 0 aliphatic heterocycles. The number of para-hydroxylation sites is 1. The quantitative estimate of drug-likeness (QED) is 0.147. The lowest BCUT2D eigenvalue weighted by Gasteiger charge is -2.35. The van der Waals surface area contributed by atoms with E-state index < -0.39 is 5.41 Å². The molecule has 1 aliphatic rings. The Balaban J connectivity index is 0.971. The molecule has 3 heteroatoms. The minimum absolute atomic E-state index is 0.538. The number of hydrogen-bond acceptors (Lipinski definition) is 2. The van der Waals surface area contributed by atoms with Gasteiger partial charge < -0.3 is 9.47 Å². The van der Waals surface area contributed by atoms with Gasteiger partial charge in [-0.1, -0.05) is 212 Å². The van der Waals surface area contributed by atoms with Gasteiger partial charge in [0.1, 0.15) is 0 Å². The molecule has 346 valence electrons. The van der Waals surface area contributed by atoms with Crippen molar-refractivity contribution in [1.29, 1.82) is 0 Å². The summed E-state index contributed by atoms with van der Waals surface area (Å²) < 4.78 is 5.07. The molecule has 2 heterocycles. The largest absolute Gasteiger partial charge is 0.310 e. The second-order valence-electron chi connectivity index (χ2n) is 19.6. The third-order valence-corrected chi connectivity index (χ3v) is 16.8. The molecule has 0 radical (unpaired) electrons. The fraction of sp³-hybridized carbons (Fsp3) is 0.0141. The van der Waals surface area contributed by atoms with Gasteiger partial charge in [-0.25, -0.2) is 0 Å². The Morgan fingerprint density at radius 3 is 1.76 bits per heavy atom. The average Bonchev–Trinajstić information content (AvgIpc) is 4.14. The van der Waals surface area contributed by atoms with Crippen LogP contribution in [0.3, 0.4) is 0 Å². The predicted molar refractivity (Wildman–Crippen MR) is 314 cm³/mol. The fourth-order valence-electron chi connectivity index (χ4n) is 12.4. The van der Waals surface area contributed by atoms with E-state index in [1.165, 1.54) is 108 Å². The summed E-state index contributed by atoms with van der Waals surface area (Å²) in [4.78, 5) is 2.47. The maximum absolute atomic E-state index is 2.51. The Bertz CT molecular complexity index is 4430. The van der Waals surface area contributed by atoms with Crippen LogP contribution in [0.15, 0.2) is 279 Å². The third-order valence-electron chi connectivity index (χ3n) is 15.6. The van der Waals surface area contributed by atoms with Gasteiger partial charge in [0.2, 0.25) is 0 Å². The molecule has 2 nitrogen and oxygen atoms in total. The number of nitrogens with zero attached hydrogens (tertiary/aromatic N) is 2. The molecule has 0 spiro atoms. The molecule has 2 aromatic heterocycles. The van der Waals surface area contributed by atoms with Crippen molar-refractivity contribution in [2.75, 3.05) is 4.90 Å². The predicted octanol–water partition coefficient (Wildman–Crippen LogP) is 19.5. The van der Waals surface area contributed by atoms with Crippen molar-refractivity contribution in [3.63, 3.8) is 0 Å². The Labute approximate surface area is 433 Å². The maximum atomic E-state index is 2.51. The molecule has 12 aromatic carbocycles. The lowest BCUT2D eigenvalue weighted by molar-refractivity contribution is 0.768. The smallest absolute Gasteiger partial charge is 0.0714 e. The van der Waals surface area contributed by atoms with Crippen molar-refractivity contribution in [2.24, 2.45) is 0 Å². The molecular weight excluding hydrogens is 913 g/mol. The van der Waals surface area contributed by atoms with Gasteiger partial charge in [0, 0.05) is 59.3 Å². The van der Waals surface area contributed by atoms with Gasteiger partial charge in [-0.3, -0.25) is 0 Å². The lowest BCUT2D eigenvalue weighted by atomic mass is 9.67. The molecule has 0 saturated carbocycles. The van der Waals surface area contributed by atoms with E-state index in [1.807, 2.05) is 11.3 Å². The summed E-state index contributed by atoms with van der Waals surface area (Å²) in [5, 5.41) is 7.52. The number of fused-ring (bicyclic) bond motifs is 11. The van der Waals surface area contributed by atoms with Gasteiger partial charge >= 0.3 is 0 Å². The van der Waals surface area contributed by atoms with E-state index >= 15 is 0 Å². The summed E-state index contributed by atoms with van der Waals surface area (Å²) in [7, 11) is 0. The van der Waals surface area contributed by atoms with Crippen LogP contribution in [0, 0.1) is 0 Å². The second kappa shape index (κ2) is 16.9. The number of aromatic nitrogens is 1. The molecule has 0 fully saturated rings. The molecule has 14 aromatic rings. The van der Waals surface area contributed by atoms with Gasteiger partial charge in [0.15, 0.2) is 0 Å². The van der Waals surface area contributed by atoms with Crippen LogP contribution in [0.5, 0.6) is 0 Å². The molecule has 0 bridgehead atoms. The molecule has 0 unspecified atom stereocenters. The van der Waals surface area contributed by atoms with Crippen LogP contribution in [0.25, 0.3) is 91.8 Å². The normalized spacial score (nSPS) is 12.7. The van der Waals surface area contributed by atoms with Gasteiger partial charge in [-0.05, 0) is 128 Å². The Morgan fingerprint density at radius 1 is 0.351 bits per heavy atom. The fourth-order valence-corrected chi connectivity index (χ4v) is 13.6. The van der Waals surface area contributed by atoms with Crippen molar-refractivity contribution >= 4 is 81.1 Å². The summed E-state index contributed by atoms with van der Waals surface area (Å²) in [6, 6.07) is 103. The van der Waals surface area contributed by atoms with Crippen molar-refractivity contribution in [1.82, 2.24) is 4.57 Å². The van der Waals surface area contributed by atoms with Crippen LogP contribution in [0.2, 0.25) is 0 Å². The summed E-state index contributed by atoms with van der Waals surface area (Å²) in [6.45, 7) is 0. The van der Waals surface area contributed by atoms with Gasteiger partial charge in [0.05, 0.1) is 16.4 Å². The highest BCUT2D eigenvalue weighted by Gasteiger charge is 2.46. The van der Waals surface area contributed by atoms with Crippen LogP contribution in [-0.4, -0.2) is 4.57 Å². The Kier molecular flexibility index (Phi) is 9.70. The van der Waals surface area contributed by atoms with E-state index in [0.717, 1.165) is 22.7 Å². The molecule has 0 amide bonds. The monoisotopic (exact) mass is 958 g/mol. The van der Waals surface area contributed by atoms with E-state index in [0.29, 0.717) is 0 Å². The third kappa shape index (κ3) is 6.43. The number of rotatable bonds is 8. The zero-order chi connectivity index (χ0) is 48.7. The van der Waals surface area contributed by atoms with Crippen molar-refractivity contribution in [3.05, 3.63) is 301 Å². The van der Waals surface area contributed by atoms with Crippen LogP contribution in [-0.2, 0) is 5.41 Å². The first kappa shape index (κ1) is 42.4. The minimum atomic E-state index is -0.538. The zero-order valence-corrected chi connectivity index (χ0v) is 41.2. The highest BCUT2D eigenvalue weighted by Crippen LogP contribution is 2.57. The first-order chi connectivity index (χ1) is 36.7. The summed E-state index contributed by atoms with van der Waals surface area (Å²) in [5.41, 5.74) is 18.7. The summed E-state index contributed by atoms with van der Waals surface area (Å²) in [5.74, 6) is 0. The van der Waals surface area contributed by atoms with Crippen LogP contribution in [0.1, 0.15) is 22.3 Å². The van der Waals surface area contributed by atoms with Gasteiger partial charge in [-0.2, -0.15) is 0 Å². The minimum Gasteiger partial charge on any atom is -0.310 e. The van der Waals surface area contributed by atoms with Crippen molar-refractivity contribution < 1.29 is 0 Å². The van der Waals surface area contributed by atoms with E-state index in [-0.39, 0.29) is 0 Å². The molecule has 1 aliphatic carbocycles. The van der Waals surface area contributed by atoms with Crippen LogP contribution >= 0.6 is 11.3 Å². The van der Waals surface area contributed by atoms with E-state index in [1.54, 1.807) is 0 Å². The Hall–Kier alpha value is -9.28.